The molecule has 0 aromatic rings. The van der Waals surface area contributed by atoms with Gasteiger partial charge in [-0.05, 0) is 38.0 Å². The van der Waals surface area contributed by atoms with Gasteiger partial charge in [-0.1, -0.05) is 0 Å². The quantitative estimate of drug-likeness (QED) is 0.822. The number of nitrogens with zero attached hydrogens (tertiary/aromatic N) is 1. The van der Waals surface area contributed by atoms with Crippen LogP contribution in [0.5, 0.6) is 0 Å². The fourth-order valence-electron chi connectivity index (χ4n) is 2.98. The third-order valence-corrected chi connectivity index (χ3v) is 5.80. The molecule has 0 radical (unpaired) electrons. The Hall–Kier alpha value is -0.950. The summed E-state index contributed by atoms with van der Waals surface area (Å²) >= 11 is 1.60. The van der Waals surface area contributed by atoms with E-state index in [2.05, 4.69) is 5.32 Å². The molecule has 0 bridgehead atoms. The Balaban J connectivity index is 1.58. The first-order valence-electron chi connectivity index (χ1n) is 7.69. The summed E-state index contributed by atoms with van der Waals surface area (Å²) < 4.78 is 5.60. The first-order valence-corrected chi connectivity index (χ1v) is 8.74. The van der Waals surface area contributed by atoms with Crippen LogP contribution in [0.2, 0.25) is 0 Å². The van der Waals surface area contributed by atoms with Gasteiger partial charge in [0.15, 0.2) is 0 Å². The van der Waals surface area contributed by atoms with Gasteiger partial charge in [0.05, 0.1) is 11.5 Å². The number of ether oxygens (including phenoxy) is 1. The lowest BCUT2D eigenvalue weighted by atomic mass is 10.1. The van der Waals surface area contributed by atoms with Gasteiger partial charge in [-0.15, -0.1) is 11.8 Å². The maximum atomic E-state index is 12.4. The van der Waals surface area contributed by atoms with Crippen molar-refractivity contribution in [2.45, 2.75) is 49.6 Å². The minimum atomic E-state index is -0.908. The normalized spacial score (nSPS) is 33.0. The minimum absolute atomic E-state index is 0.0263. The van der Waals surface area contributed by atoms with Gasteiger partial charge in [-0.2, -0.15) is 0 Å². The minimum Gasteiger partial charge on any atom is -0.480 e. The smallest absolute Gasteiger partial charge is 0.327 e. The summed E-state index contributed by atoms with van der Waals surface area (Å²) in [5.41, 5.74) is 0. The van der Waals surface area contributed by atoms with E-state index in [0.29, 0.717) is 18.2 Å². The molecule has 1 saturated carbocycles. The van der Waals surface area contributed by atoms with E-state index in [9.17, 15) is 14.7 Å². The van der Waals surface area contributed by atoms with Crippen molar-refractivity contribution in [2.24, 2.45) is 5.92 Å². The molecule has 2 aliphatic heterocycles. The van der Waals surface area contributed by atoms with Crippen molar-refractivity contribution in [3.8, 4) is 0 Å². The number of aliphatic carboxylic acids is 1. The van der Waals surface area contributed by atoms with Crippen molar-refractivity contribution in [1.82, 2.24) is 10.2 Å². The zero-order chi connectivity index (χ0) is 14.8. The summed E-state index contributed by atoms with van der Waals surface area (Å²) in [4.78, 5) is 25.3. The van der Waals surface area contributed by atoms with Gasteiger partial charge >= 0.3 is 12.0 Å². The molecule has 2 amide bonds. The molecule has 21 heavy (non-hydrogen) atoms. The molecule has 118 valence electrons. The van der Waals surface area contributed by atoms with E-state index in [4.69, 9.17) is 4.74 Å². The second-order valence-electron chi connectivity index (χ2n) is 6.00. The molecule has 3 atom stereocenters. The van der Waals surface area contributed by atoms with Crippen LogP contribution in [0.25, 0.3) is 0 Å². The van der Waals surface area contributed by atoms with Crippen LogP contribution in [0, 0.1) is 5.92 Å². The Labute approximate surface area is 128 Å². The van der Waals surface area contributed by atoms with Crippen molar-refractivity contribution < 1.29 is 19.4 Å². The van der Waals surface area contributed by atoms with Crippen LogP contribution in [-0.2, 0) is 9.53 Å². The van der Waals surface area contributed by atoms with Gasteiger partial charge in [-0.3, -0.25) is 4.90 Å². The van der Waals surface area contributed by atoms with Crippen LogP contribution in [0.4, 0.5) is 4.79 Å². The summed E-state index contributed by atoms with van der Waals surface area (Å²) in [5.74, 6) is 0.0508. The molecular weight excluding hydrogens is 292 g/mol. The molecule has 0 aromatic carbocycles. The maximum Gasteiger partial charge on any atom is 0.327 e. The Morgan fingerprint density at radius 3 is 2.71 bits per heavy atom. The molecule has 3 rings (SSSR count). The Morgan fingerprint density at radius 2 is 2.10 bits per heavy atom. The predicted molar refractivity (Wildman–Crippen MR) is 79.2 cm³/mol. The number of carbonyl (C=O) groups excluding carboxylic acids is 1. The van der Waals surface area contributed by atoms with E-state index in [1.165, 1.54) is 0 Å². The highest BCUT2D eigenvalue weighted by atomic mass is 32.2. The Morgan fingerprint density at radius 1 is 1.29 bits per heavy atom. The molecule has 2 saturated heterocycles. The van der Waals surface area contributed by atoms with Crippen LogP contribution in [0.1, 0.15) is 32.1 Å². The maximum absolute atomic E-state index is 12.4. The number of rotatable bonds is 4. The van der Waals surface area contributed by atoms with Gasteiger partial charge in [-0.25, -0.2) is 9.59 Å². The number of urea groups is 1. The highest BCUT2D eigenvalue weighted by molar-refractivity contribution is 8.00. The van der Waals surface area contributed by atoms with Crippen molar-refractivity contribution in [3.63, 3.8) is 0 Å². The number of nitrogens with one attached hydrogen (secondary N) is 1. The van der Waals surface area contributed by atoms with E-state index < -0.39 is 12.0 Å². The van der Waals surface area contributed by atoms with Gasteiger partial charge in [0.1, 0.15) is 6.04 Å². The summed E-state index contributed by atoms with van der Waals surface area (Å²) in [5, 5.41) is 12.2. The number of carboxylic acids is 1. The standard InChI is InChI=1S/C14H22N2O4S/c17-13(18)11-8-21-12(9-4-5-9)16(11)14(19)15-7-10-3-1-2-6-20-10/h9-12H,1-8H2,(H,15,19)(H,17,18). The molecular formula is C14H22N2O4S. The average Bonchev–Trinajstić information content (AvgIpc) is 3.24. The Bertz CT molecular complexity index is 410. The topological polar surface area (TPSA) is 78.9 Å². The lowest BCUT2D eigenvalue weighted by Crippen LogP contribution is -2.52. The van der Waals surface area contributed by atoms with E-state index in [-0.39, 0.29) is 17.5 Å². The summed E-state index contributed by atoms with van der Waals surface area (Å²) in [6, 6.07) is -0.952. The highest BCUT2D eigenvalue weighted by Gasteiger charge is 2.48. The molecule has 7 heteroatoms. The van der Waals surface area contributed by atoms with E-state index in [1.54, 1.807) is 16.7 Å². The van der Waals surface area contributed by atoms with Gasteiger partial charge in [0.2, 0.25) is 0 Å². The van der Waals surface area contributed by atoms with Crippen LogP contribution in [-0.4, -0.2) is 58.4 Å². The molecule has 2 heterocycles. The van der Waals surface area contributed by atoms with E-state index in [1.807, 2.05) is 0 Å². The first-order chi connectivity index (χ1) is 10.2. The lowest BCUT2D eigenvalue weighted by molar-refractivity contribution is -0.141. The fraction of sp³-hybridized carbons (Fsp3) is 0.857. The Kier molecular flexibility index (Phi) is 4.59. The lowest BCUT2D eigenvalue weighted by Gasteiger charge is -2.29. The largest absolute Gasteiger partial charge is 0.480 e. The van der Waals surface area contributed by atoms with Gasteiger partial charge < -0.3 is 15.2 Å². The number of hydrogen-bond donors (Lipinski definition) is 2. The number of amides is 2. The molecule has 0 aromatic heterocycles. The molecule has 1 aliphatic carbocycles. The fourth-order valence-corrected chi connectivity index (χ4v) is 4.61. The molecule has 3 aliphatic rings. The number of carbonyl (C=O) groups is 2. The number of hydrogen-bond acceptors (Lipinski definition) is 4. The molecule has 2 N–H and O–H groups in total. The summed E-state index contributed by atoms with van der Waals surface area (Å²) in [6.07, 6.45) is 5.43. The third-order valence-electron chi connectivity index (χ3n) is 4.33. The van der Waals surface area contributed by atoms with E-state index in [0.717, 1.165) is 38.7 Å². The van der Waals surface area contributed by atoms with Crippen LogP contribution in [0.15, 0.2) is 0 Å². The van der Waals surface area contributed by atoms with Crippen molar-refractivity contribution in [2.75, 3.05) is 18.9 Å². The van der Waals surface area contributed by atoms with Crippen molar-refractivity contribution in [3.05, 3.63) is 0 Å². The monoisotopic (exact) mass is 314 g/mol. The molecule has 0 spiro atoms. The van der Waals surface area contributed by atoms with Crippen LogP contribution < -0.4 is 5.32 Å². The van der Waals surface area contributed by atoms with E-state index >= 15 is 0 Å². The molecule has 3 unspecified atom stereocenters. The molecule has 6 nitrogen and oxygen atoms in total. The second kappa shape index (κ2) is 6.44. The van der Waals surface area contributed by atoms with Crippen molar-refractivity contribution >= 4 is 23.8 Å². The average molecular weight is 314 g/mol. The number of thioether (sulfide) groups is 1. The van der Waals surface area contributed by atoms with Gasteiger partial charge in [0, 0.05) is 18.9 Å². The summed E-state index contributed by atoms with van der Waals surface area (Å²) in [7, 11) is 0. The van der Waals surface area contributed by atoms with Crippen LogP contribution in [0.3, 0.4) is 0 Å². The van der Waals surface area contributed by atoms with Crippen molar-refractivity contribution in [1.29, 1.82) is 0 Å². The number of carboxylic acid groups (broad SMARTS) is 1. The molecule has 3 fully saturated rings. The zero-order valence-corrected chi connectivity index (χ0v) is 12.8. The zero-order valence-electron chi connectivity index (χ0n) is 12.0. The third kappa shape index (κ3) is 3.45. The second-order valence-corrected chi connectivity index (χ2v) is 7.15. The predicted octanol–water partition coefficient (Wildman–Crippen LogP) is 1.50. The first kappa shape index (κ1) is 15.0. The van der Waals surface area contributed by atoms with Crippen LogP contribution >= 0.6 is 11.8 Å². The summed E-state index contributed by atoms with van der Waals surface area (Å²) in [6.45, 7) is 1.23. The SMILES string of the molecule is O=C(O)C1CSC(C2CC2)N1C(=O)NCC1CCCCO1. The highest BCUT2D eigenvalue weighted by Crippen LogP contribution is 2.45. The van der Waals surface area contributed by atoms with Gasteiger partial charge in [0.25, 0.3) is 0 Å².